The Morgan fingerprint density at radius 3 is 2.59 bits per heavy atom. The third kappa shape index (κ3) is 5.26. The first kappa shape index (κ1) is 24.6. The molecule has 7 heteroatoms. The molecule has 0 radical (unpaired) electrons. The fraction of sp³-hybridized carbons (Fsp3) is 0.519. The molecule has 1 aromatic heterocycles. The molecule has 0 unspecified atom stereocenters. The monoisotopic (exact) mass is 471 g/mol. The molecule has 184 valence electrons. The Balaban J connectivity index is 1.39. The summed E-state index contributed by atoms with van der Waals surface area (Å²) in [4.78, 5) is 10.1. The SMILES string of the molecule is CC(C)[C@H]1c2ccc(F)cc2OC[C@]1(O)CCN(CCCc1nc2ccc(F)cc2[nH]1)C(C)C. The molecule has 2 N–H and O–H groups in total. The Morgan fingerprint density at radius 2 is 1.85 bits per heavy atom. The van der Waals surface area contributed by atoms with Crippen LogP contribution in [0.1, 0.15) is 57.8 Å². The lowest BCUT2D eigenvalue weighted by Gasteiger charge is -2.44. The van der Waals surface area contributed by atoms with Gasteiger partial charge in [0.1, 0.15) is 35.4 Å². The van der Waals surface area contributed by atoms with Crippen LogP contribution in [-0.2, 0) is 6.42 Å². The van der Waals surface area contributed by atoms with Crippen LogP contribution in [0.4, 0.5) is 8.78 Å². The highest BCUT2D eigenvalue weighted by molar-refractivity contribution is 5.74. The number of nitrogens with one attached hydrogen (secondary N) is 1. The second-order valence-electron chi connectivity index (χ2n) is 10.1. The van der Waals surface area contributed by atoms with Crippen LogP contribution in [0.3, 0.4) is 0 Å². The summed E-state index contributed by atoms with van der Waals surface area (Å²) in [5, 5.41) is 11.7. The zero-order valence-electron chi connectivity index (χ0n) is 20.4. The Kier molecular flexibility index (Phi) is 7.24. The van der Waals surface area contributed by atoms with Crippen molar-refractivity contribution in [2.45, 2.75) is 64.5 Å². The van der Waals surface area contributed by atoms with Crippen LogP contribution < -0.4 is 4.74 Å². The van der Waals surface area contributed by atoms with Gasteiger partial charge < -0.3 is 19.7 Å². The van der Waals surface area contributed by atoms with Crippen molar-refractivity contribution < 1.29 is 18.6 Å². The minimum atomic E-state index is -1.02. The van der Waals surface area contributed by atoms with E-state index in [9.17, 15) is 13.9 Å². The van der Waals surface area contributed by atoms with Crippen molar-refractivity contribution in [1.82, 2.24) is 14.9 Å². The number of nitrogens with zero attached hydrogens (tertiary/aromatic N) is 2. The van der Waals surface area contributed by atoms with Crippen molar-refractivity contribution in [3.05, 3.63) is 59.4 Å². The highest BCUT2D eigenvalue weighted by atomic mass is 19.1. The highest BCUT2D eigenvalue weighted by Crippen LogP contribution is 2.45. The van der Waals surface area contributed by atoms with E-state index in [1.165, 1.54) is 24.3 Å². The maximum Gasteiger partial charge on any atom is 0.126 e. The molecule has 5 nitrogen and oxygen atoms in total. The van der Waals surface area contributed by atoms with Gasteiger partial charge >= 0.3 is 0 Å². The van der Waals surface area contributed by atoms with Gasteiger partial charge in [-0.05, 0) is 63.4 Å². The minimum Gasteiger partial charge on any atom is -0.490 e. The molecule has 3 aromatic rings. The van der Waals surface area contributed by atoms with Crippen molar-refractivity contribution in [1.29, 1.82) is 0 Å². The maximum atomic E-state index is 13.7. The Labute approximate surface area is 200 Å². The van der Waals surface area contributed by atoms with Crippen molar-refractivity contribution in [2.24, 2.45) is 5.92 Å². The molecular formula is C27H35F2N3O2. The van der Waals surface area contributed by atoms with Crippen LogP contribution in [0.15, 0.2) is 36.4 Å². The number of aromatic nitrogens is 2. The molecule has 0 spiro atoms. The van der Waals surface area contributed by atoms with E-state index < -0.39 is 5.60 Å². The van der Waals surface area contributed by atoms with Crippen LogP contribution in [0.2, 0.25) is 0 Å². The molecule has 4 rings (SSSR count). The molecule has 0 saturated carbocycles. The van der Waals surface area contributed by atoms with Crippen LogP contribution in [0.25, 0.3) is 11.0 Å². The summed E-state index contributed by atoms with van der Waals surface area (Å²) in [6, 6.07) is 9.50. The molecule has 0 bridgehead atoms. The first-order valence-electron chi connectivity index (χ1n) is 12.2. The second kappa shape index (κ2) is 10.0. The van der Waals surface area contributed by atoms with E-state index in [2.05, 4.69) is 42.6 Å². The third-order valence-electron chi connectivity index (χ3n) is 6.95. The molecule has 1 aliphatic rings. The number of hydrogen-bond acceptors (Lipinski definition) is 4. The fourth-order valence-electron chi connectivity index (χ4n) is 5.25. The first-order valence-corrected chi connectivity index (χ1v) is 12.2. The summed E-state index contributed by atoms with van der Waals surface area (Å²) in [6.07, 6.45) is 2.22. The van der Waals surface area contributed by atoms with Gasteiger partial charge in [0.05, 0.1) is 11.0 Å². The van der Waals surface area contributed by atoms with Gasteiger partial charge in [-0.1, -0.05) is 19.9 Å². The summed E-state index contributed by atoms with van der Waals surface area (Å²) in [5.41, 5.74) is 1.35. The number of ether oxygens (including phenoxy) is 1. The molecule has 0 amide bonds. The number of fused-ring (bicyclic) bond motifs is 2. The number of aryl methyl sites for hydroxylation is 1. The number of H-pyrrole nitrogens is 1. The number of aliphatic hydroxyl groups is 1. The first-order chi connectivity index (χ1) is 16.2. The van der Waals surface area contributed by atoms with Gasteiger partial charge in [-0.25, -0.2) is 13.8 Å². The lowest BCUT2D eigenvalue weighted by Crippen LogP contribution is -2.50. The van der Waals surface area contributed by atoms with Crippen molar-refractivity contribution in [3.8, 4) is 5.75 Å². The number of rotatable bonds is 9. The van der Waals surface area contributed by atoms with E-state index in [1.54, 1.807) is 12.1 Å². The second-order valence-corrected chi connectivity index (χ2v) is 10.1. The van der Waals surface area contributed by atoms with E-state index in [0.29, 0.717) is 18.2 Å². The molecule has 0 aliphatic carbocycles. The predicted octanol–water partition coefficient (Wildman–Crippen LogP) is 5.44. The highest BCUT2D eigenvalue weighted by Gasteiger charge is 2.45. The van der Waals surface area contributed by atoms with Gasteiger partial charge in [0.25, 0.3) is 0 Å². The minimum absolute atomic E-state index is 0.123. The lowest BCUT2D eigenvalue weighted by atomic mass is 9.72. The number of aromatic amines is 1. The molecule has 0 fully saturated rings. The molecule has 2 heterocycles. The molecule has 2 atom stereocenters. The largest absolute Gasteiger partial charge is 0.490 e. The Hall–Kier alpha value is -2.51. The quantitative estimate of drug-likeness (QED) is 0.436. The predicted molar refractivity (Wildman–Crippen MR) is 130 cm³/mol. The van der Waals surface area contributed by atoms with Gasteiger partial charge in [-0.2, -0.15) is 0 Å². The van der Waals surface area contributed by atoms with E-state index in [1.807, 2.05) is 0 Å². The average Bonchev–Trinajstić information content (AvgIpc) is 3.17. The zero-order valence-corrected chi connectivity index (χ0v) is 20.4. The molecule has 2 aromatic carbocycles. The van der Waals surface area contributed by atoms with Gasteiger partial charge in [0, 0.05) is 36.6 Å². The average molecular weight is 472 g/mol. The number of hydrogen-bond donors (Lipinski definition) is 2. The number of benzene rings is 2. The lowest BCUT2D eigenvalue weighted by molar-refractivity contribution is -0.0661. The van der Waals surface area contributed by atoms with E-state index in [4.69, 9.17) is 4.74 Å². The van der Waals surface area contributed by atoms with E-state index in [0.717, 1.165) is 48.4 Å². The molecule has 0 saturated heterocycles. The molecular weight excluding hydrogens is 436 g/mol. The summed E-state index contributed by atoms with van der Waals surface area (Å²) in [7, 11) is 0. The Bertz CT molecular complexity index is 1130. The topological polar surface area (TPSA) is 61.4 Å². The van der Waals surface area contributed by atoms with Crippen molar-refractivity contribution >= 4 is 11.0 Å². The zero-order chi connectivity index (χ0) is 24.5. The maximum absolute atomic E-state index is 13.7. The third-order valence-corrected chi connectivity index (χ3v) is 6.95. The smallest absolute Gasteiger partial charge is 0.126 e. The van der Waals surface area contributed by atoms with Crippen LogP contribution in [0, 0.1) is 17.6 Å². The standard InChI is InChI=1S/C27H35F2N3O2/c1-17(2)26-21-9-7-20(29)15-24(21)34-16-27(26,33)11-13-32(18(3)4)12-5-6-25-30-22-10-8-19(28)14-23(22)31-25/h7-10,14-15,17-18,26,33H,5-6,11-13,16H2,1-4H3,(H,30,31)/t26-,27+/m0/s1. The summed E-state index contributed by atoms with van der Waals surface area (Å²) in [6.45, 7) is 10.2. The summed E-state index contributed by atoms with van der Waals surface area (Å²) in [5.74, 6) is 0.852. The molecule has 34 heavy (non-hydrogen) atoms. The normalized spacial score (nSPS) is 20.4. The van der Waals surface area contributed by atoms with Gasteiger partial charge in [0.2, 0.25) is 0 Å². The summed E-state index contributed by atoms with van der Waals surface area (Å²) < 4.78 is 33.0. The van der Waals surface area contributed by atoms with Gasteiger partial charge in [-0.15, -0.1) is 0 Å². The Morgan fingerprint density at radius 1 is 1.12 bits per heavy atom. The summed E-state index contributed by atoms with van der Waals surface area (Å²) >= 11 is 0. The van der Waals surface area contributed by atoms with Crippen molar-refractivity contribution in [2.75, 3.05) is 19.7 Å². The van der Waals surface area contributed by atoms with E-state index in [-0.39, 0.29) is 30.1 Å². The van der Waals surface area contributed by atoms with Crippen LogP contribution >= 0.6 is 0 Å². The van der Waals surface area contributed by atoms with Crippen molar-refractivity contribution in [3.63, 3.8) is 0 Å². The fourth-order valence-corrected chi connectivity index (χ4v) is 5.25. The molecule has 1 aliphatic heterocycles. The van der Waals surface area contributed by atoms with Crippen LogP contribution in [0.5, 0.6) is 5.75 Å². The van der Waals surface area contributed by atoms with E-state index >= 15 is 0 Å². The van der Waals surface area contributed by atoms with Gasteiger partial charge in [-0.3, -0.25) is 0 Å². The van der Waals surface area contributed by atoms with Crippen LogP contribution in [-0.4, -0.2) is 51.3 Å². The van der Waals surface area contributed by atoms with Gasteiger partial charge in [0.15, 0.2) is 0 Å². The number of halogens is 2. The number of imidazole rings is 1.